The second-order valence-electron chi connectivity index (χ2n) is 5.95. The molecule has 3 aromatic rings. The molecule has 0 aliphatic heterocycles. The van der Waals surface area contributed by atoms with Gasteiger partial charge in [0.25, 0.3) is 0 Å². The number of H-pyrrole nitrogens is 1. The zero-order valence-corrected chi connectivity index (χ0v) is 16.5. The molecule has 3 rings (SSSR count). The smallest absolute Gasteiger partial charge is 0.332 e. The van der Waals surface area contributed by atoms with Crippen molar-refractivity contribution < 1.29 is 21.6 Å². The summed E-state index contributed by atoms with van der Waals surface area (Å²) in [4.78, 5) is 10.4. The molecule has 0 bridgehead atoms. The van der Waals surface area contributed by atoms with Crippen LogP contribution in [0.1, 0.15) is 28.7 Å². The van der Waals surface area contributed by atoms with Gasteiger partial charge in [-0.1, -0.05) is 35.3 Å². The van der Waals surface area contributed by atoms with E-state index in [0.717, 1.165) is 18.5 Å². The first-order valence-corrected chi connectivity index (χ1v) is 10.4. The molecule has 2 aromatic heterocycles. The molecule has 1 aromatic carbocycles. The van der Waals surface area contributed by atoms with E-state index >= 15 is 0 Å². The summed E-state index contributed by atoms with van der Waals surface area (Å²) in [5, 5.41) is -0.271. The molecule has 1 atom stereocenters. The van der Waals surface area contributed by atoms with Crippen LogP contribution in [0.15, 0.2) is 47.6 Å². The maximum absolute atomic E-state index is 13.2. The van der Waals surface area contributed by atoms with Crippen molar-refractivity contribution in [2.24, 2.45) is 0 Å². The van der Waals surface area contributed by atoms with E-state index in [4.69, 9.17) is 23.2 Å². The number of sulfone groups is 1. The molecule has 148 valence electrons. The van der Waals surface area contributed by atoms with Gasteiger partial charge in [0.05, 0.1) is 22.8 Å². The Kier molecular flexibility index (Phi) is 5.44. The number of rotatable bonds is 4. The van der Waals surface area contributed by atoms with Crippen molar-refractivity contribution in [3.05, 3.63) is 75.4 Å². The Balaban J connectivity index is 2.20. The molecule has 0 spiro atoms. The summed E-state index contributed by atoms with van der Waals surface area (Å²) < 4.78 is 63.2. The third kappa shape index (κ3) is 4.31. The molecule has 28 heavy (non-hydrogen) atoms. The Morgan fingerprint density at radius 1 is 1.07 bits per heavy atom. The Bertz CT molecular complexity index is 1110. The number of hydrogen-bond donors (Lipinski definition) is 1. The number of pyridine rings is 1. The monoisotopic (exact) mass is 449 g/mol. The molecule has 5 nitrogen and oxygen atoms in total. The Morgan fingerprint density at radius 2 is 1.71 bits per heavy atom. The molecule has 1 N–H and O–H groups in total. The molecule has 0 saturated heterocycles. The van der Waals surface area contributed by atoms with Gasteiger partial charge in [-0.05, 0) is 29.8 Å². The fraction of sp³-hybridized carbons (Fsp3) is 0.176. The third-order valence-electron chi connectivity index (χ3n) is 3.88. The van der Waals surface area contributed by atoms with Crippen LogP contribution in [-0.4, -0.2) is 29.6 Å². The number of imidazole rings is 1. The van der Waals surface area contributed by atoms with Gasteiger partial charge in [-0.2, -0.15) is 13.2 Å². The summed E-state index contributed by atoms with van der Waals surface area (Å²) in [5.41, 5.74) is -0.726. The Hall–Kier alpha value is -2.10. The molecule has 1 unspecified atom stereocenters. The zero-order valence-electron chi connectivity index (χ0n) is 14.1. The molecule has 0 aliphatic carbocycles. The number of nitrogens with zero attached hydrogens (tertiary/aromatic N) is 2. The van der Waals surface area contributed by atoms with Gasteiger partial charge in [0.2, 0.25) is 0 Å². The minimum absolute atomic E-state index is 0.00607. The van der Waals surface area contributed by atoms with Crippen molar-refractivity contribution in [1.29, 1.82) is 0 Å². The second kappa shape index (κ2) is 7.38. The van der Waals surface area contributed by atoms with Crippen LogP contribution in [0, 0.1) is 0 Å². The minimum atomic E-state index is -4.75. The van der Waals surface area contributed by atoms with Gasteiger partial charge in [-0.25, -0.2) is 18.4 Å². The highest BCUT2D eigenvalue weighted by molar-refractivity contribution is 7.90. The van der Waals surface area contributed by atoms with E-state index in [1.54, 1.807) is 24.3 Å². The number of aromatic nitrogens is 3. The van der Waals surface area contributed by atoms with Gasteiger partial charge in [0.1, 0.15) is 5.82 Å². The predicted octanol–water partition coefficient (Wildman–Crippen LogP) is 4.71. The van der Waals surface area contributed by atoms with Crippen LogP contribution in [0.5, 0.6) is 0 Å². The fourth-order valence-corrected chi connectivity index (χ4v) is 3.47. The summed E-state index contributed by atoms with van der Waals surface area (Å²) in [6.45, 7) is 0. The second-order valence-corrected chi connectivity index (χ2v) is 8.78. The van der Waals surface area contributed by atoms with Gasteiger partial charge < -0.3 is 4.98 Å². The van der Waals surface area contributed by atoms with Gasteiger partial charge in [-0.3, -0.25) is 0 Å². The van der Waals surface area contributed by atoms with E-state index < -0.39 is 32.6 Å². The Morgan fingerprint density at radius 3 is 2.25 bits per heavy atom. The van der Waals surface area contributed by atoms with Crippen molar-refractivity contribution in [3.63, 3.8) is 0 Å². The average Bonchev–Trinajstić information content (AvgIpc) is 3.07. The summed E-state index contributed by atoms with van der Waals surface area (Å²) >= 11 is 11.6. The van der Waals surface area contributed by atoms with Gasteiger partial charge in [-0.15, -0.1) is 0 Å². The SMILES string of the molecule is CS(=O)(=O)c1cnc(C(c2ccc(Cl)cc2)c2ccc(Cl)c(C(F)(F)F)n2)[nH]1. The molecule has 0 saturated carbocycles. The Labute approximate surface area is 168 Å². The standard InChI is InChI=1S/C17H12Cl2F3N3O2S/c1-28(26,27)13-8-23-16(25-13)14(9-2-4-10(18)5-3-9)12-7-6-11(19)15(24-12)17(20,21)22/h2-8,14H,1H3,(H,23,25). The highest BCUT2D eigenvalue weighted by Crippen LogP contribution is 2.36. The van der Waals surface area contributed by atoms with Gasteiger partial charge in [0, 0.05) is 11.3 Å². The topological polar surface area (TPSA) is 75.7 Å². The van der Waals surface area contributed by atoms with Crippen LogP contribution in [0.3, 0.4) is 0 Å². The summed E-state index contributed by atoms with van der Waals surface area (Å²) in [6, 6.07) is 8.74. The molecule has 0 amide bonds. The highest BCUT2D eigenvalue weighted by atomic mass is 35.5. The van der Waals surface area contributed by atoms with Crippen molar-refractivity contribution in [2.45, 2.75) is 17.1 Å². The first-order chi connectivity index (χ1) is 13.0. The summed E-state index contributed by atoms with van der Waals surface area (Å²) in [5.74, 6) is -0.781. The van der Waals surface area contributed by atoms with Crippen LogP contribution in [0.2, 0.25) is 10.0 Å². The van der Waals surface area contributed by atoms with E-state index in [0.29, 0.717) is 10.6 Å². The average molecular weight is 450 g/mol. The first-order valence-electron chi connectivity index (χ1n) is 7.71. The number of halogens is 5. The number of aromatic amines is 1. The maximum Gasteiger partial charge on any atom is 0.434 e. The number of benzene rings is 1. The maximum atomic E-state index is 13.2. The van der Waals surface area contributed by atoms with Crippen LogP contribution in [-0.2, 0) is 16.0 Å². The fourth-order valence-electron chi connectivity index (χ4n) is 2.59. The lowest BCUT2D eigenvalue weighted by molar-refractivity contribution is -0.141. The van der Waals surface area contributed by atoms with E-state index in [1.165, 1.54) is 6.07 Å². The van der Waals surface area contributed by atoms with E-state index in [9.17, 15) is 21.6 Å². The molecular weight excluding hydrogens is 438 g/mol. The normalized spacial score (nSPS) is 13.5. The molecule has 2 heterocycles. The lowest BCUT2D eigenvalue weighted by atomic mass is 9.94. The summed E-state index contributed by atoms with van der Waals surface area (Å²) in [7, 11) is -3.59. The van der Waals surface area contributed by atoms with Crippen LogP contribution in [0.25, 0.3) is 0 Å². The largest absolute Gasteiger partial charge is 0.434 e. The number of hydrogen-bond acceptors (Lipinski definition) is 4. The predicted molar refractivity (Wildman–Crippen MR) is 98.3 cm³/mol. The third-order valence-corrected chi connectivity index (χ3v) is 5.44. The van der Waals surface area contributed by atoms with Crippen molar-refractivity contribution in [3.8, 4) is 0 Å². The van der Waals surface area contributed by atoms with Gasteiger partial charge in [0.15, 0.2) is 20.6 Å². The molecule has 0 radical (unpaired) electrons. The number of alkyl halides is 3. The van der Waals surface area contributed by atoms with Crippen LogP contribution < -0.4 is 0 Å². The molecule has 11 heteroatoms. The highest BCUT2D eigenvalue weighted by Gasteiger charge is 2.36. The van der Waals surface area contributed by atoms with Crippen LogP contribution >= 0.6 is 23.2 Å². The zero-order chi connectivity index (χ0) is 20.7. The van der Waals surface area contributed by atoms with Crippen molar-refractivity contribution in [2.75, 3.05) is 6.26 Å². The van der Waals surface area contributed by atoms with E-state index in [1.807, 2.05) is 0 Å². The molecule has 0 fully saturated rings. The molecular formula is C17H12Cl2F3N3O2S. The summed E-state index contributed by atoms with van der Waals surface area (Å²) in [6.07, 6.45) is -2.66. The molecule has 0 aliphatic rings. The number of nitrogens with one attached hydrogen (secondary N) is 1. The quantitative estimate of drug-likeness (QED) is 0.625. The van der Waals surface area contributed by atoms with Gasteiger partial charge >= 0.3 is 6.18 Å². The van der Waals surface area contributed by atoms with Crippen molar-refractivity contribution in [1.82, 2.24) is 15.0 Å². The lowest BCUT2D eigenvalue weighted by Gasteiger charge is -2.17. The van der Waals surface area contributed by atoms with E-state index in [-0.39, 0.29) is 16.5 Å². The first kappa shape index (κ1) is 20.6. The van der Waals surface area contributed by atoms with Crippen LogP contribution in [0.4, 0.5) is 13.2 Å². The van der Waals surface area contributed by atoms with E-state index in [2.05, 4.69) is 15.0 Å². The lowest BCUT2D eigenvalue weighted by Crippen LogP contribution is -2.14. The van der Waals surface area contributed by atoms with Crippen molar-refractivity contribution >= 4 is 33.0 Å². The minimum Gasteiger partial charge on any atom is -0.332 e.